The molecule has 0 fully saturated rings. The molecule has 3 N–H and O–H groups in total. The van der Waals surface area contributed by atoms with Crippen molar-refractivity contribution in [2.75, 3.05) is 17.7 Å². The maximum Gasteiger partial charge on any atom is 0.242 e. The first kappa shape index (κ1) is 16.2. The van der Waals surface area contributed by atoms with Crippen LogP contribution in [0.25, 0.3) is 0 Å². The highest BCUT2D eigenvalue weighted by Crippen LogP contribution is 2.20. The molecule has 0 radical (unpaired) electrons. The Morgan fingerprint density at radius 2 is 1.90 bits per heavy atom. The number of carbonyl (C=O) groups is 1. The molecule has 0 saturated heterocycles. The van der Waals surface area contributed by atoms with Gasteiger partial charge in [0, 0.05) is 18.2 Å². The van der Waals surface area contributed by atoms with Crippen LogP contribution in [0.3, 0.4) is 0 Å². The summed E-state index contributed by atoms with van der Waals surface area (Å²) >= 11 is 0. The van der Waals surface area contributed by atoms with Gasteiger partial charge < -0.3 is 16.0 Å². The van der Waals surface area contributed by atoms with Gasteiger partial charge in [-0.25, -0.2) is 9.97 Å². The van der Waals surface area contributed by atoms with Crippen LogP contribution in [0, 0.1) is 0 Å². The zero-order valence-corrected chi connectivity index (χ0v) is 13.2. The van der Waals surface area contributed by atoms with Crippen LogP contribution in [0.15, 0.2) is 6.33 Å². The summed E-state index contributed by atoms with van der Waals surface area (Å²) in [5.41, 5.74) is 0.730. The lowest BCUT2D eigenvalue weighted by atomic mass is 10.1. The van der Waals surface area contributed by atoms with Crippen molar-refractivity contribution in [1.82, 2.24) is 15.3 Å². The Bertz CT molecular complexity index is 467. The zero-order chi connectivity index (χ0) is 15.3. The molecule has 1 rings (SSSR count). The molecule has 6 nitrogen and oxygen atoms in total. The Labute approximate surface area is 120 Å². The molecule has 1 amide bonds. The molecule has 112 valence electrons. The minimum Gasteiger partial charge on any atom is -0.373 e. The number of carbonyl (C=O) groups excluding carboxylic acids is 1. The molecule has 1 heterocycles. The van der Waals surface area contributed by atoms with Crippen LogP contribution < -0.4 is 16.0 Å². The number of hydrogen-bond donors (Lipinski definition) is 3. The van der Waals surface area contributed by atoms with Crippen molar-refractivity contribution in [3.63, 3.8) is 0 Å². The molecule has 1 aromatic heterocycles. The van der Waals surface area contributed by atoms with Gasteiger partial charge in [-0.3, -0.25) is 4.79 Å². The van der Waals surface area contributed by atoms with Gasteiger partial charge in [0.05, 0.1) is 0 Å². The molecule has 0 saturated carbocycles. The van der Waals surface area contributed by atoms with Crippen LogP contribution in [0.4, 0.5) is 11.6 Å². The van der Waals surface area contributed by atoms with E-state index in [0.29, 0.717) is 5.82 Å². The molecule has 0 aliphatic heterocycles. The first-order valence-electron chi connectivity index (χ1n) is 6.88. The minimum absolute atomic E-state index is 0.0517. The molecule has 0 aliphatic carbocycles. The lowest BCUT2D eigenvalue weighted by molar-refractivity contribution is -0.122. The second-order valence-electron chi connectivity index (χ2n) is 5.76. The van der Waals surface area contributed by atoms with E-state index in [-0.39, 0.29) is 17.5 Å². The molecular formula is C14H25N5O. The van der Waals surface area contributed by atoms with Crippen molar-refractivity contribution >= 4 is 17.5 Å². The largest absolute Gasteiger partial charge is 0.373 e. The van der Waals surface area contributed by atoms with Gasteiger partial charge in [0.15, 0.2) is 0 Å². The highest BCUT2D eigenvalue weighted by molar-refractivity contribution is 5.84. The van der Waals surface area contributed by atoms with Gasteiger partial charge in [0.1, 0.15) is 24.0 Å². The van der Waals surface area contributed by atoms with E-state index in [1.807, 2.05) is 41.7 Å². The number of aromatic nitrogens is 2. The van der Waals surface area contributed by atoms with E-state index in [2.05, 4.69) is 25.9 Å². The fraction of sp³-hybridized carbons (Fsp3) is 0.643. The van der Waals surface area contributed by atoms with Crippen molar-refractivity contribution in [3.8, 4) is 0 Å². The van der Waals surface area contributed by atoms with Crippen molar-refractivity contribution < 1.29 is 4.79 Å². The summed E-state index contributed by atoms with van der Waals surface area (Å²) in [6.45, 7) is 9.73. The third-order valence-corrected chi connectivity index (χ3v) is 2.78. The lowest BCUT2D eigenvalue weighted by Gasteiger charge is -2.24. The number of nitrogens with zero attached hydrogens (tertiary/aromatic N) is 2. The van der Waals surface area contributed by atoms with E-state index in [1.54, 1.807) is 0 Å². The van der Waals surface area contributed by atoms with Crippen LogP contribution in [0.1, 0.15) is 40.2 Å². The van der Waals surface area contributed by atoms with Gasteiger partial charge >= 0.3 is 0 Å². The Kier molecular flexibility index (Phi) is 5.30. The van der Waals surface area contributed by atoms with Crippen molar-refractivity contribution in [2.24, 2.45) is 0 Å². The summed E-state index contributed by atoms with van der Waals surface area (Å²) in [5.74, 6) is 1.43. The van der Waals surface area contributed by atoms with Gasteiger partial charge in [-0.2, -0.15) is 0 Å². The summed E-state index contributed by atoms with van der Waals surface area (Å²) in [6, 6.07) is -0.362. The normalized spacial score (nSPS) is 12.7. The number of amides is 1. The third-order valence-electron chi connectivity index (χ3n) is 2.78. The highest BCUT2D eigenvalue weighted by atomic mass is 16.2. The fourth-order valence-electron chi connectivity index (χ4n) is 1.84. The highest BCUT2D eigenvalue weighted by Gasteiger charge is 2.20. The Morgan fingerprint density at radius 1 is 1.30 bits per heavy atom. The monoisotopic (exact) mass is 279 g/mol. The number of nitrogens with one attached hydrogen (secondary N) is 3. The van der Waals surface area contributed by atoms with Gasteiger partial charge in [0.25, 0.3) is 0 Å². The Balaban J connectivity index is 2.85. The average Bonchev–Trinajstić information content (AvgIpc) is 2.36. The predicted octanol–water partition coefficient (Wildman–Crippen LogP) is 1.80. The second kappa shape index (κ2) is 6.54. The first-order chi connectivity index (χ1) is 9.28. The molecule has 0 aliphatic rings. The van der Waals surface area contributed by atoms with Crippen molar-refractivity contribution in [1.29, 1.82) is 0 Å². The SMILES string of the molecule is CCc1c(NC)ncnc1NC(C)C(=O)NC(C)(C)C. The van der Waals surface area contributed by atoms with Gasteiger partial charge in [-0.15, -0.1) is 0 Å². The quantitative estimate of drug-likeness (QED) is 0.766. The Hall–Kier alpha value is -1.85. The van der Waals surface area contributed by atoms with Crippen LogP contribution in [0.2, 0.25) is 0 Å². The van der Waals surface area contributed by atoms with E-state index in [9.17, 15) is 4.79 Å². The van der Waals surface area contributed by atoms with Crippen LogP contribution in [-0.2, 0) is 11.2 Å². The molecule has 0 spiro atoms. The van der Waals surface area contributed by atoms with Gasteiger partial charge in [-0.1, -0.05) is 6.92 Å². The summed E-state index contributed by atoms with van der Waals surface area (Å²) in [5, 5.41) is 9.14. The number of rotatable bonds is 5. The van der Waals surface area contributed by atoms with Crippen LogP contribution >= 0.6 is 0 Å². The molecule has 6 heteroatoms. The predicted molar refractivity (Wildman–Crippen MR) is 81.9 cm³/mol. The lowest BCUT2D eigenvalue weighted by Crippen LogP contribution is -2.47. The minimum atomic E-state index is -0.362. The molecule has 0 aromatic carbocycles. The molecule has 0 bridgehead atoms. The standard InChI is InChI=1S/C14H25N5O/c1-7-10-11(15-6)16-8-17-12(10)18-9(2)13(20)19-14(3,4)5/h8-9H,7H2,1-6H3,(H,19,20)(H2,15,16,17,18). The van der Waals surface area contributed by atoms with Crippen molar-refractivity contribution in [2.45, 2.75) is 52.6 Å². The second-order valence-corrected chi connectivity index (χ2v) is 5.76. The van der Waals surface area contributed by atoms with Gasteiger partial charge in [-0.05, 0) is 34.1 Å². The average molecular weight is 279 g/mol. The van der Waals surface area contributed by atoms with Crippen molar-refractivity contribution in [3.05, 3.63) is 11.9 Å². The summed E-state index contributed by atoms with van der Waals surface area (Å²) in [6.07, 6.45) is 2.27. The summed E-state index contributed by atoms with van der Waals surface area (Å²) in [7, 11) is 1.82. The Morgan fingerprint density at radius 3 is 2.40 bits per heavy atom. The molecular weight excluding hydrogens is 254 g/mol. The number of anilines is 2. The number of hydrogen-bond acceptors (Lipinski definition) is 5. The third kappa shape index (κ3) is 4.36. The summed E-state index contributed by atoms with van der Waals surface area (Å²) < 4.78 is 0. The van der Waals surface area contributed by atoms with E-state index in [0.717, 1.165) is 17.8 Å². The van der Waals surface area contributed by atoms with E-state index < -0.39 is 0 Å². The maximum atomic E-state index is 12.1. The summed E-state index contributed by atoms with van der Waals surface area (Å²) in [4.78, 5) is 20.5. The van der Waals surface area contributed by atoms with Crippen LogP contribution in [-0.4, -0.2) is 34.5 Å². The fourth-order valence-corrected chi connectivity index (χ4v) is 1.84. The maximum absolute atomic E-state index is 12.1. The molecule has 1 atom stereocenters. The smallest absolute Gasteiger partial charge is 0.242 e. The zero-order valence-electron chi connectivity index (χ0n) is 13.2. The molecule has 1 aromatic rings. The van der Waals surface area contributed by atoms with Gasteiger partial charge in [0.2, 0.25) is 5.91 Å². The molecule has 1 unspecified atom stereocenters. The first-order valence-corrected chi connectivity index (χ1v) is 6.88. The van der Waals surface area contributed by atoms with Crippen LogP contribution in [0.5, 0.6) is 0 Å². The van der Waals surface area contributed by atoms with E-state index >= 15 is 0 Å². The van der Waals surface area contributed by atoms with E-state index in [1.165, 1.54) is 6.33 Å². The topological polar surface area (TPSA) is 78.9 Å². The molecule has 20 heavy (non-hydrogen) atoms. The van der Waals surface area contributed by atoms with E-state index in [4.69, 9.17) is 0 Å².